The Kier molecular flexibility index (Phi) is 3.94. The van der Waals surface area contributed by atoms with Gasteiger partial charge in [0, 0.05) is 12.7 Å². The van der Waals surface area contributed by atoms with E-state index in [0.29, 0.717) is 5.96 Å². The van der Waals surface area contributed by atoms with Gasteiger partial charge >= 0.3 is 0 Å². The Bertz CT molecular complexity index is 320. The Hall–Kier alpha value is -1.55. The van der Waals surface area contributed by atoms with Crippen molar-refractivity contribution >= 4 is 11.6 Å². The van der Waals surface area contributed by atoms with Crippen molar-refractivity contribution in [3.8, 4) is 0 Å². The number of guanidine groups is 1. The molecule has 0 aliphatic rings. The summed E-state index contributed by atoms with van der Waals surface area (Å²) >= 11 is 0. The van der Waals surface area contributed by atoms with Crippen LogP contribution < -0.4 is 16.6 Å². The second-order valence-corrected chi connectivity index (χ2v) is 2.90. The summed E-state index contributed by atoms with van der Waals surface area (Å²) in [5.74, 6) is 5.81. The summed E-state index contributed by atoms with van der Waals surface area (Å²) in [4.78, 5) is 3.93. The van der Waals surface area contributed by atoms with Gasteiger partial charge in [0.2, 0.25) is 5.96 Å². The van der Waals surface area contributed by atoms with Crippen molar-refractivity contribution in [1.82, 2.24) is 5.43 Å². The molecule has 0 amide bonds. The maximum atomic E-state index is 5.26. The van der Waals surface area contributed by atoms with Gasteiger partial charge in [-0.1, -0.05) is 19.1 Å². The van der Waals surface area contributed by atoms with Crippen LogP contribution in [0.25, 0.3) is 0 Å². The molecule has 0 saturated carbocycles. The highest BCUT2D eigenvalue weighted by Crippen LogP contribution is 2.10. The van der Waals surface area contributed by atoms with E-state index in [2.05, 4.69) is 34.8 Å². The van der Waals surface area contributed by atoms with Gasteiger partial charge in [0.05, 0.1) is 0 Å². The highest BCUT2D eigenvalue weighted by atomic mass is 15.3. The van der Waals surface area contributed by atoms with Gasteiger partial charge in [-0.15, -0.1) is 0 Å². The van der Waals surface area contributed by atoms with E-state index in [1.807, 2.05) is 12.1 Å². The molecule has 14 heavy (non-hydrogen) atoms. The minimum atomic E-state index is 0.554. The lowest BCUT2D eigenvalue weighted by atomic mass is 10.1. The first-order chi connectivity index (χ1) is 6.80. The van der Waals surface area contributed by atoms with Crippen molar-refractivity contribution in [2.45, 2.75) is 13.3 Å². The van der Waals surface area contributed by atoms with Gasteiger partial charge in [-0.3, -0.25) is 10.4 Å². The molecule has 0 aromatic heterocycles. The third-order valence-electron chi connectivity index (χ3n) is 1.96. The number of nitrogens with one attached hydrogen (secondary N) is 2. The van der Waals surface area contributed by atoms with Crippen LogP contribution in [0.3, 0.4) is 0 Å². The largest absolute Gasteiger partial charge is 0.325 e. The van der Waals surface area contributed by atoms with Crippen molar-refractivity contribution in [2.24, 2.45) is 10.8 Å². The van der Waals surface area contributed by atoms with E-state index in [1.165, 1.54) is 5.56 Å². The molecule has 4 N–H and O–H groups in total. The first-order valence-electron chi connectivity index (χ1n) is 4.59. The van der Waals surface area contributed by atoms with Crippen LogP contribution >= 0.6 is 0 Å². The zero-order chi connectivity index (χ0) is 10.4. The van der Waals surface area contributed by atoms with Crippen LogP contribution in [0, 0.1) is 0 Å². The van der Waals surface area contributed by atoms with Crippen LogP contribution in [0.5, 0.6) is 0 Å². The maximum Gasteiger partial charge on any atom is 0.209 e. The van der Waals surface area contributed by atoms with E-state index < -0.39 is 0 Å². The highest BCUT2D eigenvalue weighted by molar-refractivity contribution is 5.93. The zero-order valence-corrected chi connectivity index (χ0v) is 8.54. The quantitative estimate of drug-likeness (QED) is 0.285. The summed E-state index contributed by atoms with van der Waals surface area (Å²) < 4.78 is 0. The number of nitrogens with zero attached hydrogens (tertiary/aromatic N) is 1. The van der Waals surface area contributed by atoms with Gasteiger partial charge in [-0.05, 0) is 24.1 Å². The van der Waals surface area contributed by atoms with Gasteiger partial charge in [-0.2, -0.15) is 0 Å². The van der Waals surface area contributed by atoms with Gasteiger partial charge in [-0.25, -0.2) is 5.84 Å². The number of hydrogen-bond acceptors (Lipinski definition) is 2. The van der Waals surface area contributed by atoms with E-state index in [-0.39, 0.29) is 0 Å². The normalized spacial score (nSPS) is 11.2. The first kappa shape index (κ1) is 10.5. The molecule has 1 aromatic carbocycles. The Morgan fingerprint density at radius 3 is 2.86 bits per heavy atom. The Morgan fingerprint density at radius 2 is 2.29 bits per heavy atom. The molecule has 0 fully saturated rings. The Morgan fingerprint density at radius 1 is 1.50 bits per heavy atom. The summed E-state index contributed by atoms with van der Waals surface area (Å²) in [6, 6.07) is 8.14. The lowest BCUT2D eigenvalue weighted by molar-refractivity contribution is 1.01. The fourth-order valence-electron chi connectivity index (χ4n) is 1.16. The number of nitrogens with two attached hydrogens (primary N) is 1. The highest BCUT2D eigenvalue weighted by Gasteiger charge is 1.96. The fraction of sp³-hybridized carbons (Fsp3) is 0.300. The molecule has 4 nitrogen and oxygen atoms in total. The molecule has 76 valence electrons. The van der Waals surface area contributed by atoms with Gasteiger partial charge in [0.15, 0.2) is 0 Å². The molecule has 0 aliphatic heterocycles. The molecular formula is C10H16N4. The summed E-state index contributed by atoms with van der Waals surface area (Å²) in [5, 5.41) is 3.07. The van der Waals surface area contributed by atoms with Gasteiger partial charge < -0.3 is 5.32 Å². The summed E-state index contributed by atoms with van der Waals surface area (Å²) in [6.45, 7) is 2.12. The minimum Gasteiger partial charge on any atom is -0.325 e. The van der Waals surface area contributed by atoms with Crippen LogP contribution in [0.1, 0.15) is 12.5 Å². The summed E-state index contributed by atoms with van der Waals surface area (Å²) in [7, 11) is 1.67. The molecule has 0 radical (unpaired) electrons. The predicted octanol–water partition coefficient (Wildman–Crippen LogP) is 1.11. The third-order valence-corrected chi connectivity index (χ3v) is 1.96. The lowest BCUT2D eigenvalue weighted by Gasteiger charge is -2.08. The predicted molar refractivity (Wildman–Crippen MR) is 60.1 cm³/mol. The zero-order valence-electron chi connectivity index (χ0n) is 8.54. The molecule has 0 unspecified atom stereocenters. The second-order valence-electron chi connectivity index (χ2n) is 2.90. The average Bonchev–Trinajstić information content (AvgIpc) is 2.26. The van der Waals surface area contributed by atoms with Crippen LogP contribution in [0.4, 0.5) is 5.69 Å². The third kappa shape index (κ3) is 2.74. The minimum absolute atomic E-state index is 0.554. The van der Waals surface area contributed by atoms with E-state index >= 15 is 0 Å². The molecule has 4 heteroatoms. The number of anilines is 1. The maximum absolute atomic E-state index is 5.26. The van der Waals surface area contributed by atoms with Crippen molar-refractivity contribution in [3.63, 3.8) is 0 Å². The molecule has 0 heterocycles. The number of benzene rings is 1. The molecule has 0 spiro atoms. The molecule has 0 aliphatic carbocycles. The topological polar surface area (TPSA) is 62.4 Å². The number of aliphatic imine (C=N–C) groups is 1. The molecule has 1 aromatic rings. The molecular weight excluding hydrogens is 176 g/mol. The van der Waals surface area contributed by atoms with E-state index in [9.17, 15) is 0 Å². The molecule has 0 bridgehead atoms. The van der Waals surface area contributed by atoms with E-state index in [0.717, 1.165) is 12.1 Å². The molecule has 0 atom stereocenters. The van der Waals surface area contributed by atoms with Crippen LogP contribution in [-0.2, 0) is 6.42 Å². The second kappa shape index (κ2) is 5.24. The molecule has 0 saturated heterocycles. The fourth-order valence-corrected chi connectivity index (χ4v) is 1.16. The Balaban J connectivity index is 2.76. The Labute approximate surface area is 84.2 Å². The lowest BCUT2D eigenvalue weighted by Crippen LogP contribution is -2.36. The SMILES string of the molecule is CCc1cccc(NC(=NC)NN)c1. The van der Waals surface area contributed by atoms with Crippen molar-refractivity contribution in [1.29, 1.82) is 0 Å². The van der Waals surface area contributed by atoms with E-state index in [4.69, 9.17) is 5.84 Å². The van der Waals surface area contributed by atoms with Crippen molar-refractivity contribution < 1.29 is 0 Å². The average molecular weight is 192 g/mol. The standard InChI is InChI=1S/C10H16N4/c1-3-8-5-4-6-9(7-8)13-10(12-2)14-11/h4-7H,3,11H2,1-2H3,(H2,12,13,14). The monoisotopic (exact) mass is 192 g/mol. The van der Waals surface area contributed by atoms with Crippen molar-refractivity contribution in [2.75, 3.05) is 12.4 Å². The van der Waals surface area contributed by atoms with Crippen LogP contribution in [0.15, 0.2) is 29.3 Å². The van der Waals surface area contributed by atoms with Gasteiger partial charge in [0.1, 0.15) is 0 Å². The number of rotatable bonds is 2. The van der Waals surface area contributed by atoms with E-state index in [1.54, 1.807) is 7.05 Å². The summed E-state index contributed by atoms with van der Waals surface area (Å²) in [6.07, 6.45) is 1.02. The van der Waals surface area contributed by atoms with Crippen molar-refractivity contribution in [3.05, 3.63) is 29.8 Å². The number of hydrazine groups is 1. The molecule has 1 rings (SSSR count). The smallest absolute Gasteiger partial charge is 0.209 e. The summed E-state index contributed by atoms with van der Waals surface area (Å²) in [5.41, 5.74) is 4.75. The first-order valence-corrected chi connectivity index (χ1v) is 4.59. The number of hydrogen-bond donors (Lipinski definition) is 3. The van der Waals surface area contributed by atoms with Gasteiger partial charge in [0.25, 0.3) is 0 Å². The number of aryl methyl sites for hydroxylation is 1. The van der Waals surface area contributed by atoms with Crippen LogP contribution in [0.2, 0.25) is 0 Å². The van der Waals surface area contributed by atoms with Crippen LogP contribution in [-0.4, -0.2) is 13.0 Å².